The number of amides is 1. The molecule has 1 atom stereocenters. The first kappa shape index (κ1) is 21.0. The summed E-state index contributed by atoms with van der Waals surface area (Å²) >= 11 is 0. The summed E-state index contributed by atoms with van der Waals surface area (Å²) in [5.41, 5.74) is 3.68. The highest BCUT2D eigenvalue weighted by atomic mass is 32.2. The van der Waals surface area contributed by atoms with Gasteiger partial charge in [0.15, 0.2) is 0 Å². The molecule has 1 aromatic heterocycles. The molecular weight excluding hydrogens is 414 g/mol. The normalized spacial score (nSPS) is 16.4. The van der Waals surface area contributed by atoms with Gasteiger partial charge in [-0.2, -0.15) is 4.31 Å². The molecule has 0 fully saturated rings. The quantitative estimate of drug-likeness (QED) is 0.656. The fourth-order valence-electron chi connectivity index (χ4n) is 3.88. The largest absolute Gasteiger partial charge is 0.453 e. The Balaban J connectivity index is 1.68. The van der Waals surface area contributed by atoms with Crippen LogP contribution in [0.4, 0.5) is 10.5 Å². The maximum atomic E-state index is 13.6. The molecule has 1 aliphatic rings. The fraction of sp³-hybridized carbons (Fsp3) is 0.217. The van der Waals surface area contributed by atoms with Crippen molar-refractivity contribution in [2.45, 2.75) is 23.8 Å². The van der Waals surface area contributed by atoms with Gasteiger partial charge in [-0.25, -0.2) is 13.2 Å². The molecule has 1 amide bonds. The van der Waals surface area contributed by atoms with Crippen molar-refractivity contribution in [2.75, 3.05) is 19.0 Å². The molecule has 31 heavy (non-hydrogen) atoms. The van der Waals surface area contributed by atoms with Gasteiger partial charge < -0.3 is 4.74 Å². The predicted molar refractivity (Wildman–Crippen MR) is 117 cm³/mol. The first-order valence-electron chi connectivity index (χ1n) is 9.92. The zero-order valence-electron chi connectivity index (χ0n) is 17.1. The number of hydrogen-bond donors (Lipinski definition) is 1. The minimum absolute atomic E-state index is 0.182. The van der Waals surface area contributed by atoms with Crippen LogP contribution < -0.4 is 5.32 Å². The number of anilines is 1. The molecule has 0 bridgehead atoms. The summed E-state index contributed by atoms with van der Waals surface area (Å²) in [6.07, 6.45) is 4.04. The van der Waals surface area contributed by atoms with Crippen molar-refractivity contribution < 1.29 is 17.9 Å². The highest BCUT2D eigenvalue weighted by Crippen LogP contribution is 2.36. The van der Waals surface area contributed by atoms with Crippen LogP contribution in [-0.4, -0.2) is 37.5 Å². The molecule has 0 saturated heterocycles. The van der Waals surface area contributed by atoms with Gasteiger partial charge in [0.25, 0.3) is 0 Å². The Hall–Kier alpha value is -3.23. The average Bonchev–Trinajstić information content (AvgIpc) is 2.80. The third-order valence-electron chi connectivity index (χ3n) is 5.43. The van der Waals surface area contributed by atoms with Crippen molar-refractivity contribution >= 4 is 21.8 Å². The summed E-state index contributed by atoms with van der Waals surface area (Å²) in [6, 6.07) is 17.6. The molecule has 7 nitrogen and oxygen atoms in total. The zero-order valence-corrected chi connectivity index (χ0v) is 17.9. The second-order valence-electron chi connectivity index (χ2n) is 7.28. The monoisotopic (exact) mass is 437 g/mol. The predicted octanol–water partition coefficient (Wildman–Crippen LogP) is 3.79. The molecule has 0 spiro atoms. The Kier molecular flexibility index (Phi) is 6.01. The number of benzene rings is 2. The molecule has 1 N–H and O–H groups in total. The van der Waals surface area contributed by atoms with E-state index in [1.807, 2.05) is 30.3 Å². The second kappa shape index (κ2) is 8.87. The van der Waals surface area contributed by atoms with Gasteiger partial charge in [-0.05, 0) is 65.9 Å². The standard InChI is InChI=1S/C23H23N3O4S/c1-30-23(27)25-19-6-8-20(9-7-19)31(28,29)26-15-12-18-4-2-3-5-21(18)22(26)16-17-10-13-24-14-11-17/h2-11,13-14,22H,12,15-16H2,1H3,(H,25,27). The average molecular weight is 438 g/mol. The number of hydrogen-bond acceptors (Lipinski definition) is 5. The highest BCUT2D eigenvalue weighted by molar-refractivity contribution is 7.89. The van der Waals surface area contributed by atoms with Gasteiger partial charge in [-0.1, -0.05) is 24.3 Å². The molecule has 160 valence electrons. The molecule has 2 heterocycles. The van der Waals surface area contributed by atoms with Crippen molar-refractivity contribution in [3.63, 3.8) is 0 Å². The van der Waals surface area contributed by atoms with Crippen LogP contribution >= 0.6 is 0 Å². The molecule has 0 radical (unpaired) electrons. The number of carbonyl (C=O) groups excluding carboxylic acids is 1. The van der Waals surface area contributed by atoms with Gasteiger partial charge in [0.1, 0.15) is 0 Å². The molecule has 2 aromatic carbocycles. The van der Waals surface area contributed by atoms with Crippen molar-refractivity contribution in [1.29, 1.82) is 0 Å². The SMILES string of the molecule is COC(=O)Nc1ccc(S(=O)(=O)N2CCc3ccccc3C2Cc2ccncc2)cc1. The molecule has 1 unspecified atom stereocenters. The molecule has 3 aromatic rings. The lowest BCUT2D eigenvalue weighted by atomic mass is 9.90. The third-order valence-corrected chi connectivity index (χ3v) is 7.36. The van der Waals surface area contributed by atoms with Crippen LogP contribution in [0.5, 0.6) is 0 Å². The van der Waals surface area contributed by atoms with Gasteiger partial charge >= 0.3 is 6.09 Å². The maximum absolute atomic E-state index is 13.6. The van der Waals surface area contributed by atoms with Crippen molar-refractivity contribution in [2.24, 2.45) is 0 Å². The summed E-state index contributed by atoms with van der Waals surface area (Å²) < 4.78 is 33.3. The van der Waals surface area contributed by atoms with Crippen molar-refractivity contribution in [3.05, 3.63) is 89.7 Å². The van der Waals surface area contributed by atoms with E-state index in [1.54, 1.807) is 28.8 Å². The minimum atomic E-state index is -3.75. The van der Waals surface area contributed by atoms with Gasteiger partial charge in [0.2, 0.25) is 10.0 Å². The van der Waals surface area contributed by atoms with E-state index >= 15 is 0 Å². The number of rotatable bonds is 5. The Bertz CT molecular complexity index is 1160. The topological polar surface area (TPSA) is 88.6 Å². The Morgan fingerprint density at radius 3 is 2.52 bits per heavy atom. The Labute approximate surface area is 181 Å². The summed E-state index contributed by atoms with van der Waals surface area (Å²) in [4.78, 5) is 15.6. The van der Waals surface area contributed by atoms with Crippen LogP contribution in [-0.2, 0) is 27.6 Å². The Morgan fingerprint density at radius 2 is 1.81 bits per heavy atom. The van der Waals surface area contributed by atoms with Crippen molar-refractivity contribution in [1.82, 2.24) is 9.29 Å². The Morgan fingerprint density at radius 1 is 1.10 bits per heavy atom. The van der Waals surface area contributed by atoms with Crippen LogP contribution in [0.15, 0.2) is 78.0 Å². The zero-order chi connectivity index (χ0) is 21.8. The van der Waals surface area contributed by atoms with E-state index in [0.717, 1.165) is 11.1 Å². The third kappa shape index (κ3) is 4.45. The van der Waals surface area contributed by atoms with Crippen LogP contribution in [0.1, 0.15) is 22.7 Å². The lowest BCUT2D eigenvalue weighted by Crippen LogP contribution is -2.41. The lowest BCUT2D eigenvalue weighted by Gasteiger charge is -2.36. The summed E-state index contributed by atoms with van der Waals surface area (Å²) in [6.45, 7) is 0.400. The minimum Gasteiger partial charge on any atom is -0.453 e. The second-order valence-corrected chi connectivity index (χ2v) is 9.17. The number of methoxy groups -OCH3 is 1. The van der Waals surface area contributed by atoms with Crippen LogP contribution in [0.2, 0.25) is 0 Å². The van der Waals surface area contributed by atoms with Crippen LogP contribution in [0, 0.1) is 0 Å². The first-order valence-corrected chi connectivity index (χ1v) is 11.4. The van der Waals surface area contributed by atoms with E-state index < -0.39 is 16.1 Å². The van der Waals surface area contributed by atoms with E-state index in [1.165, 1.54) is 24.8 Å². The number of nitrogens with zero attached hydrogens (tertiary/aromatic N) is 2. The van der Waals surface area contributed by atoms with E-state index in [2.05, 4.69) is 21.1 Å². The van der Waals surface area contributed by atoms with Gasteiger partial charge in [0.05, 0.1) is 18.0 Å². The van der Waals surface area contributed by atoms with Crippen LogP contribution in [0.3, 0.4) is 0 Å². The number of carbonyl (C=O) groups is 1. The van der Waals surface area contributed by atoms with Crippen LogP contribution in [0.25, 0.3) is 0 Å². The number of pyridine rings is 1. The molecule has 1 aliphatic heterocycles. The van der Waals surface area contributed by atoms with E-state index in [0.29, 0.717) is 25.1 Å². The molecule has 4 rings (SSSR count). The van der Waals surface area contributed by atoms with E-state index in [9.17, 15) is 13.2 Å². The number of fused-ring (bicyclic) bond motifs is 1. The van der Waals surface area contributed by atoms with E-state index in [-0.39, 0.29) is 10.9 Å². The fourth-order valence-corrected chi connectivity index (χ4v) is 5.49. The molecule has 0 saturated carbocycles. The summed E-state index contributed by atoms with van der Waals surface area (Å²) in [5, 5.41) is 2.53. The van der Waals surface area contributed by atoms with Gasteiger partial charge in [-0.15, -0.1) is 0 Å². The summed E-state index contributed by atoms with van der Waals surface area (Å²) in [5.74, 6) is 0. The highest BCUT2D eigenvalue weighted by Gasteiger charge is 2.36. The van der Waals surface area contributed by atoms with Gasteiger partial charge in [0, 0.05) is 24.6 Å². The number of nitrogens with one attached hydrogen (secondary N) is 1. The number of sulfonamides is 1. The van der Waals surface area contributed by atoms with Crippen molar-refractivity contribution in [3.8, 4) is 0 Å². The number of ether oxygens (including phenoxy) is 1. The summed E-state index contributed by atoms with van der Waals surface area (Å²) in [7, 11) is -2.48. The van der Waals surface area contributed by atoms with E-state index in [4.69, 9.17) is 0 Å². The molecule has 0 aliphatic carbocycles. The molecular formula is C23H23N3O4S. The smallest absolute Gasteiger partial charge is 0.411 e. The lowest BCUT2D eigenvalue weighted by molar-refractivity contribution is 0.187. The first-order chi connectivity index (χ1) is 15.0. The number of aromatic nitrogens is 1. The maximum Gasteiger partial charge on any atom is 0.411 e. The molecule has 8 heteroatoms. The van der Waals surface area contributed by atoms with Gasteiger partial charge in [-0.3, -0.25) is 10.3 Å².